The second-order valence-electron chi connectivity index (χ2n) is 7.60. The molecule has 1 aliphatic rings. The summed E-state index contributed by atoms with van der Waals surface area (Å²) in [6.07, 6.45) is 1.06. The van der Waals surface area contributed by atoms with Gasteiger partial charge in [-0.3, -0.25) is 4.79 Å². The number of esters is 1. The molecule has 1 heterocycles. The number of nitriles is 1. The van der Waals surface area contributed by atoms with E-state index in [1.54, 1.807) is 29.2 Å². The van der Waals surface area contributed by atoms with Crippen LogP contribution < -0.4 is 0 Å². The van der Waals surface area contributed by atoms with Crippen molar-refractivity contribution in [1.29, 1.82) is 5.26 Å². The largest absolute Gasteiger partial charge is 0.467 e. The first-order valence-electron chi connectivity index (χ1n) is 10.3. The van der Waals surface area contributed by atoms with Gasteiger partial charge < -0.3 is 9.64 Å². The Bertz CT molecular complexity index is 1200. The minimum Gasteiger partial charge on any atom is -0.467 e. The quantitative estimate of drug-likeness (QED) is 0.505. The van der Waals surface area contributed by atoms with Gasteiger partial charge in [-0.25, -0.2) is 4.79 Å². The number of benzene rings is 3. The summed E-state index contributed by atoms with van der Waals surface area (Å²) in [5.41, 5.74) is 3.17. The Balaban J connectivity index is 1.75. The molecule has 0 radical (unpaired) electrons. The summed E-state index contributed by atoms with van der Waals surface area (Å²) in [6.45, 7) is 0. The van der Waals surface area contributed by atoms with Crippen LogP contribution in [0.5, 0.6) is 0 Å². The molecule has 4 rings (SSSR count). The summed E-state index contributed by atoms with van der Waals surface area (Å²) in [7, 11) is 1.32. The van der Waals surface area contributed by atoms with Crippen molar-refractivity contribution in [2.75, 3.05) is 7.11 Å². The number of halogens is 1. The van der Waals surface area contributed by atoms with E-state index in [2.05, 4.69) is 6.07 Å². The molecule has 1 saturated heterocycles. The minimum absolute atomic E-state index is 0.334. The first-order chi connectivity index (χ1) is 15.5. The van der Waals surface area contributed by atoms with Gasteiger partial charge in [-0.15, -0.1) is 0 Å². The maximum Gasteiger partial charge on any atom is 0.328 e. The highest BCUT2D eigenvalue weighted by Gasteiger charge is 2.43. The Morgan fingerprint density at radius 3 is 2.44 bits per heavy atom. The Hall–Kier alpha value is -3.62. The fourth-order valence-corrected chi connectivity index (χ4v) is 4.56. The van der Waals surface area contributed by atoms with Gasteiger partial charge in [0.2, 0.25) is 0 Å². The lowest BCUT2D eigenvalue weighted by atomic mass is 9.97. The summed E-state index contributed by atoms with van der Waals surface area (Å²) in [5, 5.41) is 10.3. The van der Waals surface area contributed by atoms with Gasteiger partial charge >= 0.3 is 5.97 Å². The van der Waals surface area contributed by atoms with Gasteiger partial charge in [0, 0.05) is 10.6 Å². The predicted molar refractivity (Wildman–Crippen MR) is 122 cm³/mol. The fourth-order valence-electron chi connectivity index (χ4n) is 4.30. The fraction of sp³-hybridized carbons (Fsp3) is 0.192. The number of amides is 1. The summed E-state index contributed by atoms with van der Waals surface area (Å²) < 4.78 is 4.97. The molecular formula is C26H21ClN2O3. The van der Waals surface area contributed by atoms with E-state index >= 15 is 0 Å². The molecule has 1 amide bonds. The molecule has 5 nitrogen and oxygen atoms in total. The van der Waals surface area contributed by atoms with Crippen LogP contribution in [-0.2, 0) is 9.53 Å². The molecule has 0 N–H and O–H groups in total. The molecule has 160 valence electrons. The number of likely N-dealkylation sites (tertiary alicyclic amines) is 1. The zero-order valence-corrected chi connectivity index (χ0v) is 18.3. The third-order valence-electron chi connectivity index (χ3n) is 5.83. The van der Waals surface area contributed by atoms with Gasteiger partial charge in [-0.1, -0.05) is 66.2 Å². The van der Waals surface area contributed by atoms with E-state index in [1.807, 2.05) is 48.5 Å². The Kier molecular flexibility index (Phi) is 6.25. The van der Waals surface area contributed by atoms with Crippen LogP contribution in [0.4, 0.5) is 0 Å². The molecule has 0 spiro atoms. The number of hydrogen-bond acceptors (Lipinski definition) is 4. The van der Waals surface area contributed by atoms with Crippen molar-refractivity contribution >= 4 is 23.5 Å². The Morgan fingerprint density at radius 2 is 1.75 bits per heavy atom. The smallest absolute Gasteiger partial charge is 0.328 e. The molecule has 1 fully saturated rings. The molecule has 2 atom stereocenters. The normalized spacial score (nSPS) is 17.6. The second kappa shape index (κ2) is 9.25. The number of carbonyl (C=O) groups is 2. The summed E-state index contributed by atoms with van der Waals surface area (Å²) in [5.74, 6) is -0.798. The van der Waals surface area contributed by atoms with E-state index in [-0.39, 0.29) is 11.9 Å². The predicted octanol–water partition coefficient (Wildman–Crippen LogP) is 5.40. The Labute approximate surface area is 191 Å². The van der Waals surface area contributed by atoms with Gasteiger partial charge in [0.25, 0.3) is 5.91 Å². The average molecular weight is 445 g/mol. The average Bonchev–Trinajstić information content (AvgIpc) is 3.28. The van der Waals surface area contributed by atoms with Crippen molar-refractivity contribution in [1.82, 2.24) is 4.90 Å². The van der Waals surface area contributed by atoms with Crippen molar-refractivity contribution in [3.8, 4) is 17.2 Å². The molecular weight excluding hydrogens is 424 g/mol. The van der Waals surface area contributed by atoms with Gasteiger partial charge in [0.05, 0.1) is 24.8 Å². The molecule has 6 heteroatoms. The second-order valence-corrected chi connectivity index (χ2v) is 8.01. The molecule has 1 aliphatic heterocycles. The van der Waals surface area contributed by atoms with Gasteiger partial charge in [0.1, 0.15) is 6.04 Å². The Morgan fingerprint density at radius 1 is 1.03 bits per heavy atom. The highest BCUT2D eigenvalue weighted by atomic mass is 35.5. The zero-order valence-electron chi connectivity index (χ0n) is 17.5. The molecule has 0 unspecified atom stereocenters. The van der Waals surface area contributed by atoms with Crippen LogP contribution in [0.1, 0.15) is 40.4 Å². The number of carbonyl (C=O) groups excluding carboxylic acids is 2. The van der Waals surface area contributed by atoms with Crippen molar-refractivity contribution in [2.24, 2.45) is 0 Å². The van der Waals surface area contributed by atoms with Crippen LogP contribution in [0.3, 0.4) is 0 Å². The van der Waals surface area contributed by atoms with Crippen molar-refractivity contribution < 1.29 is 14.3 Å². The first-order valence-corrected chi connectivity index (χ1v) is 10.7. The summed E-state index contributed by atoms with van der Waals surface area (Å²) >= 11 is 6.42. The van der Waals surface area contributed by atoms with Crippen LogP contribution in [0, 0.1) is 11.3 Å². The lowest BCUT2D eigenvalue weighted by Gasteiger charge is -2.30. The molecule has 0 aromatic heterocycles. The van der Waals surface area contributed by atoms with E-state index in [1.165, 1.54) is 7.11 Å². The van der Waals surface area contributed by atoms with E-state index in [4.69, 9.17) is 16.3 Å². The molecule has 3 aromatic rings. The monoisotopic (exact) mass is 444 g/mol. The van der Waals surface area contributed by atoms with Crippen LogP contribution >= 0.6 is 11.6 Å². The maximum atomic E-state index is 13.7. The molecule has 0 bridgehead atoms. The third kappa shape index (κ3) is 3.98. The number of methoxy groups -OCH3 is 1. The van der Waals surface area contributed by atoms with Crippen LogP contribution in [-0.4, -0.2) is 29.9 Å². The van der Waals surface area contributed by atoms with Crippen LogP contribution in [0.25, 0.3) is 11.1 Å². The number of rotatable bonds is 4. The minimum atomic E-state index is -0.715. The van der Waals surface area contributed by atoms with Crippen molar-refractivity contribution in [3.05, 3.63) is 94.5 Å². The topological polar surface area (TPSA) is 70.4 Å². The lowest BCUT2D eigenvalue weighted by molar-refractivity contribution is -0.145. The molecule has 3 aromatic carbocycles. The number of nitrogens with zero attached hydrogens (tertiary/aromatic N) is 2. The lowest BCUT2D eigenvalue weighted by Crippen LogP contribution is -2.42. The third-order valence-corrected chi connectivity index (χ3v) is 6.17. The van der Waals surface area contributed by atoms with Crippen molar-refractivity contribution in [3.63, 3.8) is 0 Å². The summed E-state index contributed by atoms with van der Waals surface area (Å²) in [4.78, 5) is 27.7. The number of hydrogen-bond donors (Lipinski definition) is 0. The first kappa shape index (κ1) is 21.6. The van der Waals surface area contributed by atoms with E-state index in [9.17, 15) is 14.9 Å². The van der Waals surface area contributed by atoms with Crippen LogP contribution in [0.2, 0.25) is 5.02 Å². The van der Waals surface area contributed by atoms with Crippen LogP contribution in [0.15, 0.2) is 72.8 Å². The standard InChI is InChI=1S/C26H21ClN2O3/c1-32-26(31)24-14-13-23(21-9-5-6-10-22(21)27)29(24)25(30)18-11-12-20(19(15-18)16-28)17-7-3-2-4-8-17/h2-12,15,23-24H,13-14H2,1H3/t23-,24+/m1/s1. The highest BCUT2D eigenvalue weighted by molar-refractivity contribution is 6.31. The van der Waals surface area contributed by atoms with Crippen molar-refractivity contribution in [2.45, 2.75) is 24.9 Å². The maximum absolute atomic E-state index is 13.7. The molecule has 0 saturated carbocycles. The molecule has 0 aliphatic carbocycles. The zero-order chi connectivity index (χ0) is 22.7. The van der Waals surface area contributed by atoms with Gasteiger partial charge in [-0.2, -0.15) is 5.26 Å². The molecule has 32 heavy (non-hydrogen) atoms. The SMILES string of the molecule is COC(=O)[C@@H]1CC[C@H](c2ccccc2Cl)N1C(=O)c1ccc(-c2ccccc2)c(C#N)c1. The van der Waals surface area contributed by atoms with E-state index < -0.39 is 12.0 Å². The van der Waals surface area contributed by atoms with Gasteiger partial charge in [0.15, 0.2) is 0 Å². The van der Waals surface area contributed by atoms with Gasteiger partial charge in [-0.05, 0) is 47.7 Å². The summed E-state index contributed by atoms with van der Waals surface area (Å²) in [6, 6.07) is 23.0. The number of ether oxygens (including phenoxy) is 1. The van der Waals surface area contributed by atoms with E-state index in [0.29, 0.717) is 29.0 Å². The van der Waals surface area contributed by atoms with E-state index in [0.717, 1.165) is 16.7 Å². The highest BCUT2D eigenvalue weighted by Crippen LogP contribution is 2.40.